The summed E-state index contributed by atoms with van der Waals surface area (Å²) in [7, 11) is 0. The first-order valence-electron chi connectivity index (χ1n) is 6.30. The summed E-state index contributed by atoms with van der Waals surface area (Å²) in [5, 5.41) is 1.23. The van der Waals surface area contributed by atoms with E-state index in [4.69, 9.17) is 27.9 Å². The highest BCUT2D eigenvalue weighted by molar-refractivity contribution is 6.21. The van der Waals surface area contributed by atoms with E-state index < -0.39 is 5.97 Å². The fourth-order valence-corrected chi connectivity index (χ4v) is 1.56. The zero-order valence-corrected chi connectivity index (χ0v) is 12.8. The Kier molecular flexibility index (Phi) is 8.27. The van der Waals surface area contributed by atoms with Gasteiger partial charge in [0.05, 0.1) is 18.7 Å². The number of hydrogen-bond donors (Lipinski definition) is 2. The van der Waals surface area contributed by atoms with Crippen molar-refractivity contribution in [3.63, 3.8) is 0 Å². The van der Waals surface area contributed by atoms with Gasteiger partial charge < -0.3 is 10.5 Å². The molecule has 5 nitrogen and oxygen atoms in total. The fraction of sp³-hybridized carbons (Fsp3) is 0.615. The lowest BCUT2D eigenvalue weighted by molar-refractivity contribution is -0.139. The van der Waals surface area contributed by atoms with Crippen LogP contribution < -0.4 is 11.6 Å². The highest BCUT2D eigenvalue weighted by Crippen LogP contribution is 2.15. The monoisotopic (exact) mass is 289 g/mol. The quantitative estimate of drug-likeness (QED) is 0.186. The molecule has 4 N–H and O–H groups in total. The number of allylic oxidation sites excluding steroid dienone is 1. The zero-order chi connectivity index (χ0) is 15.0. The molecule has 0 aliphatic rings. The summed E-state index contributed by atoms with van der Waals surface area (Å²) in [4.78, 5) is 11.8. The first-order chi connectivity index (χ1) is 8.81. The minimum atomic E-state index is -0.430. The normalized spacial score (nSPS) is 14.5. The van der Waals surface area contributed by atoms with E-state index in [-0.39, 0.29) is 17.1 Å². The lowest BCUT2D eigenvalue weighted by Crippen LogP contribution is -2.37. The minimum Gasteiger partial charge on any atom is -0.463 e. The van der Waals surface area contributed by atoms with E-state index in [0.717, 1.165) is 0 Å². The Morgan fingerprint density at radius 1 is 1.42 bits per heavy atom. The summed E-state index contributed by atoms with van der Waals surface area (Å²) >= 11 is 5.78. The van der Waals surface area contributed by atoms with Crippen LogP contribution in [0.25, 0.3) is 0 Å². The van der Waals surface area contributed by atoms with Crippen LogP contribution in [0.15, 0.2) is 23.5 Å². The van der Waals surface area contributed by atoms with Crippen LogP contribution in [0.3, 0.4) is 0 Å². The number of carbonyl (C=O) groups excluding carboxylic acids is 1. The van der Waals surface area contributed by atoms with E-state index in [2.05, 4.69) is 0 Å². The molecule has 0 saturated carbocycles. The van der Waals surface area contributed by atoms with E-state index in [1.165, 1.54) is 5.01 Å². The molecule has 0 saturated heterocycles. The topological polar surface area (TPSA) is 81.6 Å². The molecule has 0 fully saturated rings. The Labute approximate surface area is 120 Å². The van der Waals surface area contributed by atoms with Crippen molar-refractivity contribution in [2.45, 2.75) is 33.1 Å². The van der Waals surface area contributed by atoms with Gasteiger partial charge >= 0.3 is 5.97 Å². The summed E-state index contributed by atoms with van der Waals surface area (Å²) in [6.07, 6.45) is 3.60. The average Bonchev–Trinajstić information content (AvgIpc) is 2.28. The lowest BCUT2D eigenvalue weighted by atomic mass is 10.0. The lowest BCUT2D eigenvalue weighted by Gasteiger charge is -2.22. The zero-order valence-electron chi connectivity index (χ0n) is 12.0. The Morgan fingerprint density at radius 2 is 2.00 bits per heavy atom. The molecule has 0 aliphatic carbocycles. The van der Waals surface area contributed by atoms with Gasteiger partial charge in [0.15, 0.2) is 0 Å². The van der Waals surface area contributed by atoms with Crippen molar-refractivity contribution in [1.29, 1.82) is 0 Å². The Morgan fingerprint density at radius 3 is 2.42 bits per heavy atom. The number of hydrogen-bond acceptors (Lipinski definition) is 5. The third-order valence-electron chi connectivity index (χ3n) is 2.36. The van der Waals surface area contributed by atoms with Gasteiger partial charge in [-0.15, -0.1) is 11.6 Å². The predicted molar refractivity (Wildman–Crippen MR) is 78.0 cm³/mol. The molecule has 0 heterocycles. The summed E-state index contributed by atoms with van der Waals surface area (Å²) in [5.74, 6) is 5.55. The van der Waals surface area contributed by atoms with Gasteiger partial charge in [-0.2, -0.15) is 0 Å². The molecule has 0 rings (SSSR count). The maximum Gasteiger partial charge on any atom is 0.337 e. The number of hydrazine groups is 1. The SMILES string of the molecule is CCOC(=O)/C(=C(\N)N(N)C/C=C\C(C)Cl)C(C)C. The second-order valence-corrected chi connectivity index (χ2v) is 5.12. The van der Waals surface area contributed by atoms with Crippen molar-refractivity contribution in [3.05, 3.63) is 23.5 Å². The molecule has 110 valence electrons. The second kappa shape index (κ2) is 8.82. The van der Waals surface area contributed by atoms with Gasteiger partial charge in [-0.1, -0.05) is 26.0 Å². The third kappa shape index (κ3) is 6.50. The highest BCUT2D eigenvalue weighted by atomic mass is 35.5. The van der Waals surface area contributed by atoms with Crippen LogP contribution in [0, 0.1) is 5.92 Å². The van der Waals surface area contributed by atoms with Crippen LogP contribution in [0.4, 0.5) is 0 Å². The number of alkyl halides is 1. The number of nitrogens with zero attached hydrogens (tertiary/aromatic N) is 1. The molecular weight excluding hydrogens is 266 g/mol. The van der Waals surface area contributed by atoms with Gasteiger partial charge in [-0.05, 0) is 19.8 Å². The summed E-state index contributed by atoms with van der Waals surface area (Å²) in [6.45, 7) is 8.00. The van der Waals surface area contributed by atoms with Crippen LogP contribution in [0.1, 0.15) is 27.7 Å². The van der Waals surface area contributed by atoms with Gasteiger partial charge in [0.1, 0.15) is 5.82 Å². The van der Waals surface area contributed by atoms with E-state index in [1.807, 2.05) is 20.8 Å². The van der Waals surface area contributed by atoms with Crippen LogP contribution in [-0.4, -0.2) is 29.5 Å². The molecule has 19 heavy (non-hydrogen) atoms. The molecule has 0 aromatic carbocycles. The molecule has 0 spiro atoms. The van der Waals surface area contributed by atoms with Crippen molar-refractivity contribution in [2.24, 2.45) is 17.5 Å². The van der Waals surface area contributed by atoms with E-state index in [9.17, 15) is 4.79 Å². The Hall–Kier alpha value is -1.20. The molecule has 0 aliphatic heterocycles. The van der Waals surface area contributed by atoms with E-state index in [0.29, 0.717) is 18.7 Å². The highest BCUT2D eigenvalue weighted by Gasteiger charge is 2.20. The molecule has 1 unspecified atom stereocenters. The number of rotatable bonds is 7. The van der Waals surface area contributed by atoms with Crippen molar-refractivity contribution in [3.8, 4) is 0 Å². The summed E-state index contributed by atoms with van der Waals surface area (Å²) in [5.41, 5.74) is 6.31. The molecule has 1 atom stereocenters. The van der Waals surface area contributed by atoms with Crippen LogP contribution in [-0.2, 0) is 9.53 Å². The smallest absolute Gasteiger partial charge is 0.337 e. The second-order valence-electron chi connectivity index (χ2n) is 4.43. The maximum atomic E-state index is 11.8. The van der Waals surface area contributed by atoms with E-state index >= 15 is 0 Å². The van der Waals surface area contributed by atoms with Gasteiger partial charge in [-0.3, -0.25) is 5.01 Å². The van der Waals surface area contributed by atoms with Crippen molar-refractivity contribution < 1.29 is 9.53 Å². The number of carbonyl (C=O) groups is 1. The number of esters is 1. The van der Waals surface area contributed by atoms with Crippen molar-refractivity contribution in [2.75, 3.05) is 13.2 Å². The molecule has 0 amide bonds. The largest absolute Gasteiger partial charge is 0.463 e. The molecule has 6 heteroatoms. The number of ether oxygens (including phenoxy) is 1. The van der Waals surface area contributed by atoms with E-state index in [1.54, 1.807) is 19.1 Å². The minimum absolute atomic E-state index is 0.0685. The molecule has 0 bridgehead atoms. The number of halogens is 1. The standard InChI is InChI=1S/C13H24ClN3O2/c1-5-19-13(18)11(9(2)3)12(15)17(16)8-6-7-10(4)14/h6-7,9-10H,5,8,15-16H2,1-4H3/b7-6-,12-11+. The molecule has 0 aromatic rings. The summed E-state index contributed by atoms with van der Waals surface area (Å²) in [6, 6.07) is 0. The van der Waals surface area contributed by atoms with Crippen molar-refractivity contribution >= 4 is 17.6 Å². The van der Waals surface area contributed by atoms with Crippen LogP contribution in [0.5, 0.6) is 0 Å². The Balaban J connectivity index is 4.96. The van der Waals surface area contributed by atoms with Crippen LogP contribution in [0.2, 0.25) is 0 Å². The predicted octanol–water partition coefficient (Wildman–Crippen LogP) is 1.74. The first kappa shape index (κ1) is 17.8. The molecule has 0 aromatic heterocycles. The summed E-state index contributed by atoms with van der Waals surface area (Å²) < 4.78 is 4.98. The third-order valence-corrected chi connectivity index (χ3v) is 2.51. The van der Waals surface area contributed by atoms with Gasteiger partial charge in [0.2, 0.25) is 0 Å². The van der Waals surface area contributed by atoms with Gasteiger partial charge in [0, 0.05) is 5.38 Å². The van der Waals surface area contributed by atoms with Gasteiger partial charge in [-0.25, -0.2) is 10.6 Å². The first-order valence-corrected chi connectivity index (χ1v) is 6.74. The maximum absolute atomic E-state index is 11.8. The molecule has 0 radical (unpaired) electrons. The van der Waals surface area contributed by atoms with Crippen LogP contribution >= 0.6 is 11.6 Å². The molecular formula is C13H24ClN3O2. The van der Waals surface area contributed by atoms with Gasteiger partial charge in [0.25, 0.3) is 0 Å². The fourth-order valence-electron chi connectivity index (χ4n) is 1.46. The van der Waals surface area contributed by atoms with Crippen molar-refractivity contribution in [1.82, 2.24) is 5.01 Å². The Bertz CT molecular complexity index is 352. The number of nitrogens with two attached hydrogens (primary N) is 2. The average molecular weight is 290 g/mol.